The van der Waals surface area contributed by atoms with Crippen molar-refractivity contribution in [3.05, 3.63) is 22.9 Å². The van der Waals surface area contributed by atoms with Crippen molar-refractivity contribution in [2.75, 3.05) is 0 Å². The Morgan fingerprint density at radius 2 is 2.29 bits per heavy atom. The van der Waals surface area contributed by atoms with Gasteiger partial charge in [-0.3, -0.25) is 0 Å². The van der Waals surface area contributed by atoms with Crippen LogP contribution in [0.25, 0.3) is 0 Å². The predicted octanol–water partition coefficient (Wildman–Crippen LogP) is 1.73. The van der Waals surface area contributed by atoms with Crippen molar-refractivity contribution in [2.24, 2.45) is 0 Å². The van der Waals surface area contributed by atoms with Crippen molar-refractivity contribution < 1.29 is 15.0 Å². The van der Waals surface area contributed by atoms with Gasteiger partial charge in [-0.05, 0) is 13.3 Å². The first-order chi connectivity index (χ1) is 6.50. The van der Waals surface area contributed by atoms with Gasteiger partial charge in [0.15, 0.2) is 5.06 Å². The number of aromatic hydroxyl groups is 1. The van der Waals surface area contributed by atoms with Gasteiger partial charge in [-0.25, -0.2) is 9.78 Å². The van der Waals surface area contributed by atoms with E-state index >= 15 is 0 Å². The van der Waals surface area contributed by atoms with E-state index < -0.39 is 5.97 Å². The summed E-state index contributed by atoms with van der Waals surface area (Å²) in [6, 6.07) is 0. The summed E-state index contributed by atoms with van der Waals surface area (Å²) in [6.45, 7) is 5.12. The molecule has 0 unspecified atom stereocenters. The van der Waals surface area contributed by atoms with Gasteiger partial charge in [-0.1, -0.05) is 17.9 Å². The fourth-order valence-corrected chi connectivity index (χ4v) is 1.72. The van der Waals surface area contributed by atoms with Crippen LogP contribution in [-0.2, 0) is 11.2 Å². The lowest BCUT2D eigenvalue weighted by molar-refractivity contribution is -0.132. The van der Waals surface area contributed by atoms with Crippen LogP contribution in [0.15, 0.2) is 12.2 Å². The summed E-state index contributed by atoms with van der Waals surface area (Å²) in [5.74, 6) is -0.984. The highest BCUT2D eigenvalue weighted by Crippen LogP contribution is 2.25. The lowest BCUT2D eigenvalue weighted by Crippen LogP contribution is -2.00. The normalized spacial score (nSPS) is 10.1. The van der Waals surface area contributed by atoms with Crippen molar-refractivity contribution in [2.45, 2.75) is 19.8 Å². The molecule has 14 heavy (non-hydrogen) atoms. The fourth-order valence-electron chi connectivity index (χ4n) is 0.915. The number of aryl methyl sites for hydroxylation is 2. The van der Waals surface area contributed by atoms with Crippen LogP contribution in [0.1, 0.15) is 17.1 Å². The van der Waals surface area contributed by atoms with Crippen molar-refractivity contribution in [1.29, 1.82) is 0 Å². The second-order valence-electron chi connectivity index (χ2n) is 2.91. The molecule has 0 spiro atoms. The highest BCUT2D eigenvalue weighted by atomic mass is 32.1. The molecule has 0 aliphatic heterocycles. The second kappa shape index (κ2) is 4.23. The summed E-state index contributed by atoms with van der Waals surface area (Å²) in [5.41, 5.74) is 0.753. The standard InChI is InChI=1S/C9H11NO3S/c1-5(8(11)12)3-4-7-10-6(2)9(13)14-7/h13H,1,3-4H2,2H3,(H,11,12). The van der Waals surface area contributed by atoms with Crippen LogP contribution >= 0.6 is 11.3 Å². The van der Waals surface area contributed by atoms with E-state index in [4.69, 9.17) is 5.11 Å². The minimum atomic E-state index is -0.984. The summed E-state index contributed by atoms with van der Waals surface area (Å²) >= 11 is 1.18. The summed E-state index contributed by atoms with van der Waals surface area (Å²) < 4.78 is 0. The zero-order valence-corrected chi connectivity index (χ0v) is 8.60. The second-order valence-corrected chi connectivity index (χ2v) is 3.97. The van der Waals surface area contributed by atoms with Gasteiger partial charge < -0.3 is 10.2 Å². The van der Waals surface area contributed by atoms with E-state index in [-0.39, 0.29) is 10.6 Å². The minimum Gasteiger partial charge on any atom is -0.498 e. The number of nitrogens with zero attached hydrogens (tertiary/aromatic N) is 1. The third-order valence-corrected chi connectivity index (χ3v) is 2.78. The summed E-state index contributed by atoms with van der Waals surface area (Å²) in [5, 5.41) is 18.7. The fraction of sp³-hybridized carbons (Fsp3) is 0.333. The minimum absolute atomic E-state index is 0.164. The molecule has 2 N–H and O–H groups in total. The van der Waals surface area contributed by atoms with Crippen LogP contribution in [-0.4, -0.2) is 21.2 Å². The maximum absolute atomic E-state index is 10.4. The molecule has 0 saturated heterocycles. The largest absolute Gasteiger partial charge is 0.498 e. The summed E-state index contributed by atoms with van der Waals surface area (Å²) in [7, 11) is 0. The Hall–Kier alpha value is -1.36. The van der Waals surface area contributed by atoms with Crippen LogP contribution in [0.2, 0.25) is 0 Å². The van der Waals surface area contributed by atoms with Crippen molar-refractivity contribution >= 4 is 17.3 Å². The number of carboxylic acids is 1. The van der Waals surface area contributed by atoms with Crippen LogP contribution in [0, 0.1) is 6.92 Å². The van der Waals surface area contributed by atoms with E-state index in [1.165, 1.54) is 11.3 Å². The molecule has 4 nitrogen and oxygen atoms in total. The number of thiazole rings is 1. The Bertz CT molecular complexity index is 351. The van der Waals surface area contributed by atoms with Gasteiger partial charge >= 0.3 is 5.97 Å². The zero-order valence-electron chi connectivity index (χ0n) is 7.78. The number of aliphatic carboxylic acids is 1. The molecule has 0 aliphatic carbocycles. The number of carbonyl (C=O) groups is 1. The average Bonchev–Trinajstić information content (AvgIpc) is 2.42. The molecule has 76 valence electrons. The SMILES string of the molecule is C=C(CCc1nc(C)c(O)s1)C(=O)O. The van der Waals surface area contributed by atoms with Gasteiger partial charge in [-0.15, -0.1) is 0 Å². The third-order valence-electron chi connectivity index (χ3n) is 1.76. The molecule has 1 heterocycles. The number of aromatic nitrogens is 1. The van der Waals surface area contributed by atoms with Crippen molar-refractivity contribution in [3.8, 4) is 5.06 Å². The Morgan fingerprint density at radius 1 is 1.64 bits per heavy atom. The lowest BCUT2D eigenvalue weighted by atomic mass is 10.2. The van der Waals surface area contributed by atoms with E-state index in [0.717, 1.165) is 5.01 Å². The maximum atomic E-state index is 10.4. The molecule has 1 aromatic rings. The van der Waals surface area contributed by atoms with Crippen LogP contribution in [0.5, 0.6) is 5.06 Å². The first-order valence-corrected chi connectivity index (χ1v) is 4.88. The molecule has 0 radical (unpaired) electrons. The average molecular weight is 213 g/mol. The molecule has 0 saturated carbocycles. The van der Waals surface area contributed by atoms with E-state index in [2.05, 4.69) is 11.6 Å². The lowest BCUT2D eigenvalue weighted by Gasteiger charge is -1.96. The molecule has 0 atom stereocenters. The van der Waals surface area contributed by atoms with Crippen molar-refractivity contribution in [1.82, 2.24) is 4.98 Å². The predicted molar refractivity (Wildman–Crippen MR) is 53.6 cm³/mol. The molecule has 0 amide bonds. The molecule has 5 heteroatoms. The number of rotatable bonds is 4. The number of carboxylic acid groups (broad SMARTS) is 1. The van der Waals surface area contributed by atoms with E-state index in [0.29, 0.717) is 18.5 Å². The van der Waals surface area contributed by atoms with E-state index in [9.17, 15) is 9.90 Å². The Kier molecular flexibility index (Phi) is 3.24. The first kappa shape index (κ1) is 10.7. The molecule has 0 aromatic carbocycles. The Balaban J connectivity index is 2.54. The third kappa shape index (κ3) is 2.56. The maximum Gasteiger partial charge on any atom is 0.330 e. The van der Waals surface area contributed by atoms with Crippen LogP contribution in [0.3, 0.4) is 0 Å². The Morgan fingerprint density at radius 3 is 2.71 bits per heavy atom. The molecular weight excluding hydrogens is 202 g/mol. The van der Waals surface area contributed by atoms with Gasteiger partial charge in [0.1, 0.15) is 0 Å². The highest BCUT2D eigenvalue weighted by molar-refractivity contribution is 7.13. The molecule has 1 aromatic heterocycles. The molecule has 0 bridgehead atoms. The zero-order chi connectivity index (χ0) is 10.7. The smallest absolute Gasteiger partial charge is 0.330 e. The molecule has 0 aliphatic rings. The Labute approximate surface area is 85.5 Å². The molecular formula is C9H11NO3S. The number of hydrogen-bond donors (Lipinski definition) is 2. The van der Waals surface area contributed by atoms with Crippen molar-refractivity contribution in [3.63, 3.8) is 0 Å². The molecule has 0 fully saturated rings. The van der Waals surface area contributed by atoms with Gasteiger partial charge in [0.2, 0.25) is 0 Å². The van der Waals surface area contributed by atoms with Gasteiger partial charge in [0.05, 0.1) is 10.7 Å². The van der Waals surface area contributed by atoms with Crippen LogP contribution in [0.4, 0.5) is 0 Å². The topological polar surface area (TPSA) is 70.4 Å². The highest BCUT2D eigenvalue weighted by Gasteiger charge is 2.08. The van der Waals surface area contributed by atoms with Gasteiger partial charge in [0, 0.05) is 12.0 Å². The van der Waals surface area contributed by atoms with E-state index in [1.807, 2.05) is 0 Å². The first-order valence-electron chi connectivity index (χ1n) is 4.07. The summed E-state index contributed by atoms with van der Waals surface area (Å²) in [4.78, 5) is 14.5. The van der Waals surface area contributed by atoms with Crippen LogP contribution < -0.4 is 0 Å². The molecule has 1 rings (SSSR count). The quantitative estimate of drug-likeness (QED) is 0.747. The van der Waals surface area contributed by atoms with E-state index in [1.54, 1.807) is 6.92 Å². The van der Waals surface area contributed by atoms with Gasteiger partial charge in [0.25, 0.3) is 0 Å². The number of hydrogen-bond acceptors (Lipinski definition) is 4. The monoisotopic (exact) mass is 213 g/mol. The summed E-state index contributed by atoms with van der Waals surface area (Å²) in [6.07, 6.45) is 0.874. The van der Waals surface area contributed by atoms with Gasteiger partial charge in [-0.2, -0.15) is 0 Å².